The van der Waals surface area contributed by atoms with Crippen LogP contribution in [0.1, 0.15) is 43.7 Å². The van der Waals surface area contributed by atoms with Crippen LogP contribution in [0.4, 0.5) is 0 Å². The Labute approximate surface area is 126 Å². The van der Waals surface area contributed by atoms with E-state index >= 15 is 0 Å². The van der Waals surface area contributed by atoms with E-state index in [1.54, 1.807) is 0 Å². The molecule has 2 aliphatic rings. The van der Waals surface area contributed by atoms with E-state index in [-0.39, 0.29) is 6.04 Å². The van der Waals surface area contributed by atoms with Crippen molar-refractivity contribution in [2.24, 2.45) is 5.73 Å². The third-order valence-corrected chi connectivity index (χ3v) is 4.95. The summed E-state index contributed by atoms with van der Waals surface area (Å²) in [7, 11) is 0. The van der Waals surface area contributed by atoms with Crippen molar-refractivity contribution in [3.63, 3.8) is 0 Å². The Balaban J connectivity index is 1.75. The van der Waals surface area contributed by atoms with E-state index in [0.29, 0.717) is 6.04 Å². The summed E-state index contributed by atoms with van der Waals surface area (Å²) in [6.07, 6.45) is 8.23. The number of rotatable bonds is 2. The predicted octanol–water partition coefficient (Wildman–Crippen LogP) is 3.25. The highest BCUT2D eigenvalue weighted by Crippen LogP contribution is 2.39. The maximum atomic E-state index is 6.55. The number of aromatic nitrogens is 1. The fraction of sp³-hybridized carbons (Fsp3) is 0.500. The molecule has 1 aliphatic carbocycles. The Hall–Kier alpha value is -1.45. The fourth-order valence-corrected chi connectivity index (χ4v) is 3.75. The summed E-state index contributed by atoms with van der Waals surface area (Å²) < 4.78 is 0. The SMILES string of the molecule is NC1CCCCN(C2CC2)C1c1ccc2ncccc2c1. The monoisotopic (exact) mass is 281 g/mol. The van der Waals surface area contributed by atoms with Crippen molar-refractivity contribution in [1.82, 2.24) is 9.88 Å². The van der Waals surface area contributed by atoms with Crippen molar-refractivity contribution in [3.05, 3.63) is 42.1 Å². The predicted molar refractivity (Wildman–Crippen MR) is 86.0 cm³/mol. The largest absolute Gasteiger partial charge is 0.326 e. The van der Waals surface area contributed by atoms with Crippen molar-refractivity contribution in [2.45, 2.75) is 50.2 Å². The van der Waals surface area contributed by atoms with Gasteiger partial charge in [0.15, 0.2) is 0 Å². The van der Waals surface area contributed by atoms with Gasteiger partial charge in [-0.2, -0.15) is 0 Å². The van der Waals surface area contributed by atoms with Gasteiger partial charge in [0.05, 0.1) is 11.6 Å². The van der Waals surface area contributed by atoms with Crippen LogP contribution in [0.5, 0.6) is 0 Å². The van der Waals surface area contributed by atoms with Gasteiger partial charge in [-0.25, -0.2) is 0 Å². The number of nitrogens with two attached hydrogens (primary N) is 1. The summed E-state index contributed by atoms with van der Waals surface area (Å²) in [5, 5.41) is 1.22. The molecule has 0 amide bonds. The first-order chi connectivity index (χ1) is 10.3. The second-order valence-electron chi connectivity index (χ2n) is 6.53. The molecular formula is C18H23N3. The van der Waals surface area contributed by atoms with Gasteiger partial charge >= 0.3 is 0 Å². The molecule has 2 fully saturated rings. The molecule has 1 saturated heterocycles. The summed E-state index contributed by atoms with van der Waals surface area (Å²) >= 11 is 0. The molecule has 0 radical (unpaired) electrons. The van der Waals surface area contributed by atoms with Crippen LogP contribution >= 0.6 is 0 Å². The summed E-state index contributed by atoms with van der Waals surface area (Å²) in [6, 6.07) is 12.2. The number of hydrogen-bond donors (Lipinski definition) is 1. The van der Waals surface area contributed by atoms with Gasteiger partial charge in [-0.1, -0.05) is 18.6 Å². The van der Waals surface area contributed by atoms with Gasteiger partial charge < -0.3 is 5.73 Å². The van der Waals surface area contributed by atoms with Crippen LogP contribution in [-0.4, -0.2) is 28.5 Å². The molecular weight excluding hydrogens is 258 g/mol. The first-order valence-electron chi connectivity index (χ1n) is 8.19. The number of benzene rings is 1. The zero-order valence-electron chi connectivity index (χ0n) is 12.4. The highest BCUT2D eigenvalue weighted by molar-refractivity contribution is 5.79. The van der Waals surface area contributed by atoms with Crippen LogP contribution in [0, 0.1) is 0 Å². The first kappa shape index (κ1) is 13.2. The summed E-state index contributed by atoms with van der Waals surface area (Å²) in [4.78, 5) is 7.10. The summed E-state index contributed by atoms with van der Waals surface area (Å²) in [5.41, 5.74) is 9.00. The standard InChI is InChI=1S/C18H23N3/c19-16-5-1-2-11-21(15-7-8-15)18(16)14-6-9-17-13(12-14)4-3-10-20-17/h3-4,6,9-10,12,15-16,18H,1-2,5,7-8,11,19H2. The Morgan fingerprint density at radius 3 is 2.86 bits per heavy atom. The van der Waals surface area contributed by atoms with Gasteiger partial charge in [-0.05, 0) is 56.0 Å². The van der Waals surface area contributed by atoms with Crippen LogP contribution in [-0.2, 0) is 0 Å². The topological polar surface area (TPSA) is 42.1 Å². The molecule has 2 heterocycles. The Morgan fingerprint density at radius 2 is 2.00 bits per heavy atom. The van der Waals surface area contributed by atoms with Crippen molar-refractivity contribution in [1.29, 1.82) is 0 Å². The smallest absolute Gasteiger partial charge is 0.0702 e. The van der Waals surface area contributed by atoms with Crippen LogP contribution in [0.15, 0.2) is 36.5 Å². The van der Waals surface area contributed by atoms with Gasteiger partial charge in [-0.3, -0.25) is 9.88 Å². The average Bonchev–Trinajstić information content (AvgIpc) is 3.34. The van der Waals surface area contributed by atoms with E-state index in [2.05, 4.69) is 34.1 Å². The third kappa shape index (κ3) is 2.56. The number of nitrogens with zero attached hydrogens (tertiary/aromatic N) is 2. The summed E-state index contributed by atoms with van der Waals surface area (Å²) in [6.45, 7) is 1.20. The zero-order valence-corrected chi connectivity index (χ0v) is 12.4. The lowest BCUT2D eigenvalue weighted by molar-refractivity contribution is 0.176. The highest BCUT2D eigenvalue weighted by atomic mass is 15.2. The van der Waals surface area contributed by atoms with E-state index in [0.717, 1.165) is 18.0 Å². The molecule has 0 bridgehead atoms. The Morgan fingerprint density at radius 1 is 1.10 bits per heavy atom. The molecule has 1 saturated carbocycles. The van der Waals surface area contributed by atoms with Crippen LogP contribution in [0.2, 0.25) is 0 Å². The van der Waals surface area contributed by atoms with Gasteiger partial charge in [0, 0.05) is 23.7 Å². The average molecular weight is 281 g/mol. The first-order valence-corrected chi connectivity index (χ1v) is 8.19. The van der Waals surface area contributed by atoms with Crippen molar-refractivity contribution < 1.29 is 0 Å². The molecule has 1 aliphatic heterocycles. The minimum Gasteiger partial charge on any atom is -0.326 e. The number of pyridine rings is 1. The third-order valence-electron chi connectivity index (χ3n) is 4.95. The molecule has 2 atom stereocenters. The van der Waals surface area contributed by atoms with E-state index in [4.69, 9.17) is 5.73 Å². The maximum Gasteiger partial charge on any atom is 0.0702 e. The lowest BCUT2D eigenvalue weighted by atomic mass is 9.95. The molecule has 3 nitrogen and oxygen atoms in total. The maximum absolute atomic E-state index is 6.55. The molecule has 1 aromatic heterocycles. The molecule has 3 heteroatoms. The number of hydrogen-bond acceptors (Lipinski definition) is 3. The minimum absolute atomic E-state index is 0.252. The lowest BCUT2D eigenvalue weighted by Crippen LogP contribution is -2.41. The number of fused-ring (bicyclic) bond motifs is 1. The van der Waals surface area contributed by atoms with E-state index < -0.39 is 0 Å². The van der Waals surface area contributed by atoms with Gasteiger partial charge in [0.25, 0.3) is 0 Å². The van der Waals surface area contributed by atoms with E-state index in [1.807, 2.05) is 12.3 Å². The Kier molecular flexibility index (Phi) is 3.40. The van der Waals surface area contributed by atoms with Gasteiger partial charge in [0.1, 0.15) is 0 Å². The Bertz CT molecular complexity index is 635. The van der Waals surface area contributed by atoms with Crippen LogP contribution in [0.3, 0.4) is 0 Å². The van der Waals surface area contributed by atoms with Gasteiger partial charge in [0.2, 0.25) is 0 Å². The van der Waals surface area contributed by atoms with Gasteiger partial charge in [-0.15, -0.1) is 0 Å². The van der Waals surface area contributed by atoms with E-state index in [1.165, 1.54) is 43.2 Å². The van der Waals surface area contributed by atoms with Crippen molar-refractivity contribution >= 4 is 10.9 Å². The molecule has 1 aromatic carbocycles. The molecule has 110 valence electrons. The highest BCUT2D eigenvalue weighted by Gasteiger charge is 2.38. The molecule has 21 heavy (non-hydrogen) atoms. The molecule has 0 spiro atoms. The minimum atomic E-state index is 0.252. The fourth-order valence-electron chi connectivity index (χ4n) is 3.75. The second kappa shape index (κ2) is 5.39. The number of likely N-dealkylation sites (tertiary alicyclic amines) is 1. The normalized spacial score (nSPS) is 27.7. The molecule has 2 unspecified atom stereocenters. The molecule has 2 N–H and O–H groups in total. The molecule has 4 rings (SSSR count). The summed E-state index contributed by atoms with van der Waals surface area (Å²) in [5.74, 6) is 0. The van der Waals surface area contributed by atoms with Crippen LogP contribution in [0.25, 0.3) is 10.9 Å². The molecule has 2 aromatic rings. The zero-order chi connectivity index (χ0) is 14.2. The second-order valence-corrected chi connectivity index (χ2v) is 6.53. The quantitative estimate of drug-likeness (QED) is 0.918. The van der Waals surface area contributed by atoms with Crippen LogP contribution < -0.4 is 5.73 Å². The van der Waals surface area contributed by atoms with E-state index in [9.17, 15) is 0 Å². The lowest BCUT2D eigenvalue weighted by Gasteiger charge is -2.34. The van der Waals surface area contributed by atoms with Crippen molar-refractivity contribution in [2.75, 3.05) is 6.54 Å². The van der Waals surface area contributed by atoms with Crippen molar-refractivity contribution in [3.8, 4) is 0 Å².